The number of aromatic nitrogens is 3. The van der Waals surface area contributed by atoms with Gasteiger partial charge >= 0.3 is 0 Å². The fraction of sp³-hybridized carbons (Fsp3) is 0.680. The number of piperazine rings is 1. The Kier molecular flexibility index (Phi) is 7.04. The summed E-state index contributed by atoms with van der Waals surface area (Å²) in [5.74, 6) is 1.05. The molecule has 180 valence electrons. The quantitative estimate of drug-likeness (QED) is 0.595. The van der Waals surface area contributed by atoms with Crippen LogP contribution in [0.25, 0.3) is 0 Å². The molecular formula is C25H38N6OS. The van der Waals surface area contributed by atoms with Gasteiger partial charge in [0.25, 0.3) is 0 Å². The van der Waals surface area contributed by atoms with E-state index in [-0.39, 0.29) is 6.10 Å². The van der Waals surface area contributed by atoms with Gasteiger partial charge < -0.3 is 14.5 Å². The number of hydrogen-bond donors (Lipinski definition) is 0. The second-order valence-corrected chi connectivity index (χ2v) is 10.2. The van der Waals surface area contributed by atoms with Gasteiger partial charge in [0.15, 0.2) is 0 Å². The van der Waals surface area contributed by atoms with Crippen LogP contribution in [0, 0.1) is 18.6 Å². The Morgan fingerprint density at radius 3 is 2.48 bits per heavy atom. The smallest absolute Gasteiger partial charge is 0.226 e. The van der Waals surface area contributed by atoms with Crippen LogP contribution in [0.5, 0.6) is 0 Å². The molecular weight excluding hydrogens is 432 g/mol. The maximum absolute atomic E-state index is 5.96. The molecule has 33 heavy (non-hydrogen) atoms. The summed E-state index contributed by atoms with van der Waals surface area (Å²) in [7, 11) is 0. The summed E-state index contributed by atoms with van der Waals surface area (Å²) in [6.45, 7) is 13.2. The summed E-state index contributed by atoms with van der Waals surface area (Å²) in [6, 6.07) is 6.63. The van der Waals surface area contributed by atoms with E-state index in [1.54, 1.807) is 0 Å². The first-order valence-corrected chi connectivity index (χ1v) is 13.1. The van der Waals surface area contributed by atoms with Crippen LogP contribution in [0.2, 0.25) is 0 Å². The van der Waals surface area contributed by atoms with Gasteiger partial charge in [-0.3, -0.25) is 9.47 Å². The second kappa shape index (κ2) is 10.2. The van der Waals surface area contributed by atoms with Crippen molar-refractivity contribution < 1.29 is 4.74 Å². The molecule has 8 heteroatoms. The lowest BCUT2D eigenvalue weighted by atomic mass is 10.1. The number of piperidine rings is 1. The van der Waals surface area contributed by atoms with Gasteiger partial charge in [0, 0.05) is 51.6 Å². The van der Waals surface area contributed by atoms with Crippen molar-refractivity contribution in [1.82, 2.24) is 19.2 Å². The molecule has 0 aliphatic carbocycles. The molecule has 0 unspecified atom stereocenters. The minimum absolute atomic E-state index is 0.263. The molecule has 4 heterocycles. The molecule has 3 fully saturated rings. The van der Waals surface area contributed by atoms with E-state index >= 15 is 0 Å². The van der Waals surface area contributed by atoms with E-state index in [1.807, 2.05) is 0 Å². The van der Waals surface area contributed by atoms with Gasteiger partial charge in [-0.05, 0) is 75.4 Å². The number of rotatable bonds is 6. The lowest BCUT2D eigenvalue weighted by molar-refractivity contribution is 0.0965. The summed E-state index contributed by atoms with van der Waals surface area (Å²) in [6.07, 6.45) is 6.32. The average Bonchev–Trinajstić information content (AvgIpc) is 3.46. The molecule has 1 aromatic heterocycles. The normalized spacial score (nSPS) is 22.3. The van der Waals surface area contributed by atoms with Gasteiger partial charge in [0.2, 0.25) is 10.7 Å². The predicted molar refractivity (Wildman–Crippen MR) is 136 cm³/mol. The van der Waals surface area contributed by atoms with E-state index < -0.39 is 0 Å². The number of aryl methyl sites for hydroxylation is 1. The van der Waals surface area contributed by atoms with Crippen LogP contribution in [-0.4, -0.2) is 71.2 Å². The number of anilines is 2. The highest BCUT2D eigenvalue weighted by molar-refractivity contribution is 7.71. The van der Waals surface area contributed by atoms with Gasteiger partial charge in [0.05, 0.1) is 19.3 Å². The van der Waals surface area contributed by atoms with E-state index in [1.165, 1.54) is 36.1 Å². The Morgan fingerprint density at radius 2 is 1.76 bits per heavy atom. The van der Waals surface area contributed by atoms with E-state index in [0.717, 1.165) is 82.6 Å². The van der Waals surface area contributed by atoms with Gasteiger partial charge in [-0.15, -0.1) is 5.10 Å². The van der Waals surface area contributed by atoms with Crippen molar-refractivity contribution in [2.45, 2.75) is 65.3 Å². The molecule has 0 saturated carbocycles. The zero-order chi connectivity index (χ0) is 22.8. The Morgan fingerprint density at radius 1 is 0.970 bits per heavy atom. The van der Waals surface area contributed by atoms with Crippen LogP contribution in [-0.2, 0) is 18.0 Å². The first-order valence-electron chi connectivity index (χ1n) is 12.7. The fourth-order valence-electron chi connectivity index (χ4n) is 5.40. The number of nitrogens with zero attached hydrogens (tertiary/aromatic N) is 6. The molecule has 0 radical (unpaired) electrons. The molecule has 0 amide bonds. The third-order valence-corrected chi connectivity index (χ3v) is 8.01. The summed E-state index contributed by atoms with van der Waals surface area (Å²) in [5, 5.41) is 5.06. The highest BCUT2D eigenvalue weighted by atomic mass is 32.1. The SMILES string of the molecule is Cc1cccc(N2CCN(Cn3nc(N4CCCCC4)n(C[C@H]4CCCO4)c3=S)CC2)c1C. The summed E-state index contributed by atoms with van der Waals surface area (Å²) < 4.78 is 11.1. The molecule has 7 nitrogen and oxygen atoms in total. The van der Waals surface area contributed by atoms with Crippen molar-refractivity contribution >= 4 is 23.9 Å². The van der Waals surface area contributed by atoms with Crippen molar-refractivity contribution in [1.29, 1.82) is 0 Å². The zero-order valence-corrected chi connectivity index (χ0v) is 21.0. The minimum Gasteiger partial charge on any atom is -0.376 e. The van der Waals surface area contributed by atoms with Crippen molar-refractivity contribution in [3.05, 3.63) is 34.1 Å². The molecule has 0 N–H and O–H groups in total. The lowest BCUT2D eigenvalue weighted by Gasteiger charge is -2.36. The molecule has 2 aromatic rings. The minimum atomic E-state index is 0.263. The van der Waals surface area contributed by atoms with Crippen LogP contribution >= 0.6 is 12.2 Å². The standard InChI is InChI=1S/C25H38N6OS/c1-20-8-6-10-23(21(20)2)28-15-13-27(14-16-28)19-31-25(33)30(18-22-9-7-17-32-22)24(26-31)29-11-4-3-5-12-29/h6,8,10,22H,3-5,7,9,11-19H2,1-2H3/t22-/m1/s1. The molecule has 3 saturated heterocycles. The lowest BCUT2D eigenvalue weighted by Crippen LogP contribution is -2.47. The van der Waals surface area contributed by atoms with E-state index in [9.17, 15) is 0 Å². The van der Waals surface area contributed by atoms with Crippen molar-refractivity contribution in [3.8, 4) is 0 Å². The third-order valence-electron chi connectivity index (χ3n) is 7.58. The Labute approximate surface area is 202 Å². The van der Waals surface area contributed by atoms with Crippen LogP contribution in [0.3, 0.4) is 0 Å². The first-order chi connectivity index (χ1) is 16.1. The highest BCUT2D eigenvalue weighted by Gasteiger charge is 2.25. The first kappa shape index (κ1) is 22.9. The van der Waals surface area contributed by atoms with Crippen LogP contribution in [0.15, 0.2) is 18.2 Å². The number of hydrogen-bond acceptors (Lipinski definition) is 6. The van der Waals surface area contributed by atoms with Gasteiger partial charge in [-0.25, -0.2) is 4.68 Å². The van der Waals surface area contributed by atoms with E-state index in [0.29, 0.717) is 0 Å². The largest absolute Gasteiger partial charge is 0.376 e. The Hall–Kier alpha value is -1.90. The fourth-order valence-corrected chi connectivity index (χ4v) is 5.65. The molecule has 5 rings (SSSR count). The Balaban J connectivity index is 1.29. The molecule has 1 atom stereocenters. The summed E-state index contributed by atoms with van der Waals surface area (Å²) in [4.78, 5) is 7.44. The van der Waals surface area contributed by atoms with Crippen LogP contribution in [0.4, 0.5) is 11.6 Å². The zero-order valence-electron chi connectivity index (χ0n) is 20.2. The molecule has 3 aliphatic rings. The van der Waals surface area contributed by atoms with Gasteiger partial charge in [-0.2, -0.15) is 0 Å². The molecule has 1 aromatic carbocycles. The van der Waals surface area contributed by atoms with Crippen molar-refractivity contribution in [3.63, 3.8) is 0 Å². The van der Waals surface area contributed by atoms with Gasteiger partial charge in [0.1, 0.15) is 0 Å². The maximum Gasteiger partial charge on any atom is 0.226 e. The predicted octanol–water partition coefficient (Wildman–Crippen LogP) is 3.98. The number of benzene rings is 1. The van der Waals surface area contributed by atoms with Crippen LogP contribution < -0.4 is 9.80 Å². The average molecular weight is 471 g/mol. The molecule has 3 aliphatic heterocycles. The van der Waals surface area contributed by atoms with Gasteiger partial charge in [-0.1, -0.05) is 12.1 Å². The van der Waals surface area contributed by atoms with Crippen molar-refractivity contribution in [2.24, 2.45) is 0 Å². The molecule has 0 spiro atoms. The van der Waals surface area contributed by atoms with Crippen LogP contribution in [0.1, 0.15) is 43.2 Å². The highest BCUT2D eigenvalue weighted by Crippen LogP contribution is 2.25. The summed E-state index contributed by atoms with van der Waals surface area (Å²) >= 11 is 5.96. The topological polar surface area (TPSA) is 41.7 Å². The molecule has 0 bridgehead atoms. The van der Waals surface area contributed by atoms with E-state index in [2.05, 4.69) is 56.0 Å². The monoisotopic (exact) mass is 470 g/mol. The second-order valence-electron chi connectivity index (χ2n) is 9.84. The van der Waals surface area contributed by atoms with E-state index in [4.69, 9.17) is 22.1 Å². The Bertz CT molecular complexity index is 997. The number of ether oxygens (including phenoxy) is 1. The summed E-state index contributed by atoms with van der Waals surface area (Å²) in [5.41, 5.74) is 4.13. The maximum atomic E-state index is 5.96. The third kappa shape index (κ3) is 4.98. The van der Waals surface area contributed by atoms with Crippen molar-refractivity contribution in [2.75, 3.05) is 55.7 Å².